The van der Waals surface area contributed by atoms with E-state index in [2.05, 4.69) is 18.5 Å². The van der Waals surface area contributed by atoms with Crippen LogP contribution in [0, 0.1) is 0 Å². The fraction of sp³-hybridized carbons (Fsp3) is 0.320. The van der Waals surface area contributed by atoms with Gasteiger partial charge in [-0.25, -0.2) is 4.68 Å². The summed E-state index contributed by atoms with van der Waals surface area (Å²) in [5.74, 6) is -0.350. The van der Waals surface area contributed by atoms with Crippen LogP contribution >= 0.6 is 0 Å². The van der Waals surface area contributed by atoms with Gasteiger partial charge in [-0.15, -0.1) is 0 Å². The molecule has 1 fully saturated rings. The Morgan fingerprint density at radius 3 is 2.71 bits per heavy atom. The van der Waals surface area contributed by atoms with Crippen molar-refractivity contribution in [2.45, 2.75) is 5.75 Å². The lowest BCUT2D eigenvalue weighted by molar-refractivity contribution is 0.0298. The Kier molecular flexibility index (Phi) is 7.74. The molecule has 2 amide bonds. The molecule has 2 aliphatic rings. The van der Waals surface area contributed by atoms with E-state index in [0.29, 0.717) is 72.4 Å². The van der Waals surface area contributed by atoms with Gasteiger partial charge < -0.3 is 19.7 Å². The van der Waals surface area contributed by atoms with Crippen LogP contribution in [0.2, 0.25) is 0 Å². The molecule has 1 aromatic carbocycles. The van der Waals surface area contributed by atoms with E-state index in [1.54, 1.807) is 47.0 Å². The summed E-state index contributed by atoms with van der Waals surface area (Å²) in [6.45, 7) is 10.4. The number of carbonyl (C=O) groups excluding carboxylic acids is 2. The SMILES string of the molecule is C=CC1=C(C=C)S(=O)Cc2c(C(=O)N3CCOCC3)nn(-c3cccc(C(=O)NCCOC)c3)c21. The molecule has 3 heterocycles. The normalized spacial score (nSPS) is 17.6. The summed E-state index contributed by atoms with van der Waals surface area (Å²) in [4.78, 5) is 28.3. The van der Waals surface area contributed by atoms with Gasteiger partial charge in [-0.05, 0) is 18.2 Å². The highest BCUT2D eigenvalue weighted by atomic mass is 32.2. The van der Waals surface area contributed by atoms with E-state index < -0.39 is 10.8 Å². The molecule has 1 aromatic heterocycles. The summed E-state index contributed by atoms with van der Waals surface area (Å²) in [6.07, 6.45) is 3.16. The molecule has 0 radical (unpaired) electrons. The van der Waals surface area contributed by atoms with E-state index in [4.69, 9.17) is 14.6 Å². The van der Waals surface area contributed by atoms with Crippen LogP contribution in [-0.2, 0) is 26.0 Å². The smallest absolute Gasteiger partial charge is 0.274 e. The molecule has 0 saturated carbocycles. The summed E-state index contributed by atoms with van der Waals surface area (Å²) in [7, 11) is 0.173. The highest BCUT2D eigenvalue weighted by molar-refractivity contribution is 7.88. The van der Waals surface area contributed by atoms with Crippen LogP contribution in [0.1, 0.15) is 32.1 Å². The van der Waals surface area contributed by atoms with Crippen LogP contribution < -0.4 is 5.32 Å². The van der Waals surface area contributed by atoms with Gasteiger partial charge in [-0.3, -0.25) is 13.8 Å². The second-order valence-electron chi connectivity index (χ2n) is 7.97. The highest BCUT2D eigenvalue weighted by Crippen LogP contribution is 2.37. The molecule has 0 bridgehead atoms. The molecule has 10 heteroatoms. The van der Waals surface area contributed by atoms with Crippen molar-refractivity contribution in [3.05, 3.63) is 77.0 Å². The highest BCUT2D eigenvalue weighted by Gasteiger charge is 2.34. The van der Waals surface area contributed by atoms with Crippen molar-refractivity contribution in [3.63, 3.8) is 0 Å². The molecule has 1 N–H and O–H groups in total. The molecule has 2 aliphatic heterocycles. The number of allylic oxidation sites excluding steroid dienone is 3. The average molecular weight is 497 g/mol. The van der Waals surface area contributed by atoms with Crippen LogP contribution in [0.5, 0.6) is 0 Å². The Hall–Kier alpha value is -3.34. The summed E-state index contributed by atoms with van der Waals surface area (Å²) in [5.41, 5.74) is 3.10. The van der Waals surface area contributed by atoms with E-state index >= 15 is 0 Å². The zero-order valence-corrected chi connectivity index (χ0v) is 20.4. The van der Waals surface area contributed by atoms with E-state index in [-0.39, 0.29) is 23.3 Å². The number of benzene rings is 1. The van der Waals surface area contributed by atoms with Crippen molar-refractivity contribution in [2.24, 2.45) is 0 Å². The Bertz CT molecular complexity index is 1230. The van der Waals surface area contributed by atoms with Gasteiger partial charge in [0.15, 0.2) is 5.69 Å². The molecule has 35 heavy (non-hydrogen) atoms. The molecular weight excluding hydrogens is 468 g/mol. The third kappa shape index (κ3) is 4.90. The van der Waals surface area contributed by atoms with Crippen LogP contribution in [0.4, 0.5) is 0 Å². The molecule has 0 aliphatic carbocycles. The Morgan fingerprint density at radius 1 is 1.26 bits per heavy atom. The van der Waals surface area contributed by atoms with Crippen molar-refractivity contribution in [2.75, 3.05) is 46.6 Å². The third-order valence-electron chi connectivity index (χ3n) is 5.86. The summed E-state index contributed by atoms with van der Waals surface area (Å²) in [5, 5.41) is 7.50. The second-order valence-corrected chi connectivity index (χ2v) is 9.39. The fourth-order valence-corrected chi connectivity index (χ4v) is 5.44. The largest absolute Gasteiger partial charge is 0.383 e. The zero-order valence-electron chi connectivity index (χ0n) is 19.6. The van der Waals surface area contributed by atoms with Gasteiger partial charge in [-0.1, -0.05) is 31.4 Å². The number of nitrogens with one attached hydrogen (secondary N) is 1. The van der Waals surface area contributed by atoms with Crippen molar-refractivity contribution in [3.8, 4) is 5.69 Å². The van der Waals surface area contributed by atoms with Crippen molar-refractivity contribution in [1.82, 2.24) is 20.0 Å². The molecule has 184 valence electrons. The average Bonchev–Trinajstić information content (AvgIpc) is 3.27. The number of fused-ring (bicyclic) bond motifs is 1. The third-order valence-corrected chi connectivity index (χ3v) is 7.29. The standard InChI is InChI=1S/C25H28N4O5S/c1-4-19-21(5-2)35(32)16-20-22(25(31)28-10-13-34-14-11-28)27-29(23(19)20)18-8-6-7-17(15-18)24(30)26-9-12-33-3/h4-8,15H,1-2,9-14,16H2,3H3,(H,26,30). The van der Waals surface area contributed by atoms with Crippen LogP contribution in [-0.4, -0.2) is 77.3 Å². The first kappa shape index (κ1) is 24.8. The van der Waals surface area contributed by atoms with Gasteiger partial charge in [0.2, 0.25) is 0 Å². The number of ether oxygens (including phenoxy) is 2. The summed E-state index contributed by atoms with van der Waals surface area (Å²) >= 11 is 0. The van der Waals surface area contributed by atoms with E-state index in [1.807, 2.05) is 6.07 Å². The van der Waals surface area contributed by atoms with Gasteiger partial charge in [0.05, 0.1) is 47.8 Å². The lowest BCUT2D eigenvalue weighted by Crippen LogP contribution is -2.41. The molecule has 1 unspecified atom stereocenters. The number of rotatable bonds is 8. The predicted octanol–water partition coefficient (Wildman–Crippen LogP) is 2.07. The number of hydrogen-bond donors (Lipinski definition) is 1. The van der Waals surface area contributed by atoms with Crippen LogP contribution in [0.15, 0.2) is 54.5 Å². The minimum absolute atomic E-state index is 0.136. The Labute approximate surface area is 206 Å². The first-order valence-electron chi connectivity index (χ1n) is 11.2. The minimum Gasteiger partial charge on any atom is -0.383 e. The molecule has 2 aromatic rings. The Balaban J connectivity index is 1.83. The van der Waals surface area contributed by atoms with Crippen molar-refractivity contribution in [1.29, 1.82) is 0 Å². The summed E-state index contributed by atoms with van der Waals surface area (Å²) < 4.78 is 25.0. The predicted molar refractivity (Wildman–Crippen MR) is 134 cm³/mol. The van der Waals surface area contributed by atoms with Gasteiger partial charge in [0, 0.05) is 48.3 Å². The topological polar surface area (TPSA) is 103 Å². The van der Waals surface area contributed by atoms with Crippen molar-refractivity contribution < 1.29 is 23.3 Å². The van der Waals surface area contributed by atoms with Crippen molar-refractivity contribution >= 4 is 28.2 Å². The fourth-order valence-electron chi connectivity index (χ4n) is 4.13. The number of morpholine rings is 1. The first-order valence-corrected chi connectivity index (χ1v) is 12.6. The number of nitrogens with zero attached hydrogens (tertiary/aromatic N) is 3. The van der Waals surface area contributed by atoms with Crippen LogP contribution in [0.25, 0.3) is 11.3 Å². The molecule has 1 saturated heterocycles. The zero-order chi connectivity index (χ0) is 24.9. The quantitative estimate of drug-likeness (QED) is 0.562. The van der Waals surface area contributed by atoms with Gasteiger partial charge in [0.25, 0.3) is 11.8 Å². The molecular formula is C25H28N4O5S. The van der Waals surface area contributed by atoms with Crippen LogP contribution in [0.3, 0.4) is 0 Å². The van der Waals surface area contributed by atoms with E-state index in [1.165, 1.54) is 0 Å². The molecule has 1 atom stereocenters. The number of aromatic nitrogens is 2. The van der Waals surface area contributed by atoms with Gasteiger partial charge in [-0.2, -0.15) is 5.10 Å². The number of amides is 2. The molecule has 4 rings (SSSR count). The maximum atomic E-state index is 13.4. The molecule has 0 spiro atoms. The van der Waals surface area contributed by atoms with Gasteiger partial charge >= 0.3 is 0 Å². The minimum atomic E-state index is -1.40. The maximum absolute atomic E-state index is 13.4. The maximum Gasteiger partial charge on any atom is 0.274 e. The number of methoxy groups -OCH3 is 1. The lowest BCUT2D eigenvalue weighted by atomic mass is 10.0. The first-order chi connectivity index (χ1) is 17.0. The van der Waals surface area contributed by atoms with Gasteiger partial charge in [0.1, 0.15) is 0 Å². The van der Waals surface area contributed by atoms with E-state index in [9.17, 15) is 13.8 Å². The van der Waals surface area contributed by atoms with E-state index in [0.717, 1.165) is 0 Å². The molecule has 9 nitrogen and oxygen atoms in total. The number of carbonyl (C=O) groups is 2. The monoisotopic (exact) mass is 496 g/mol. The number of hydrogen-bond acceptors (Lipinski definition) is 6. The summed E-state index contributed by atoms with van der Waals surface area (Å²) in [6, 6.07) is 6.97. The lowest BCUT2D eigenvalue weighted by Gasteiger charge is -2.26. The Morgan fingerprint density at radius 2 is 2.03 bits per heavy atom. The second kappa shape index (κ2) is 10.9.